The third-order valence-corrected chi connectivity index (χ3v) is 6.62. The van der Waals surface area contributed by atoms with E-state index < -0.39 is 10.0 Å². The number of anilines is 1. The van der Waals surface area contributed by atoms with Crippen molar-refractivity contribution in [2.24, 2.45) is 5.92 Å². The van der Waals surface area contributed by atoms with Crippen molar-refractivity contribution in [3.8, 4) is 0 Å². The smallest absolute Gasteiger partial charge is 0.227 e. The van der Waals surface area contributed by atoms with Crippen LogP contribution >= 0.6 is 11.6 Å². The normalized spacial score (nSPS) is 16.3. The Labute approximate surface area is 159 Å². The van der Waals surface area contributed by atoms with E-state index in [2.05, 4.69) is 5.32 Å². The minimum Gasteiger partial charge on any atom is -0.326 e. The molecule has 1 heterocycles. The zero-order valence-corrected chi connectivity index (χ0v) is 15.8. The number of rotatable bonds is 5. The van der Waals surface area contributed by atoms with Gasteiger partial charge in [0.25, 0.3) is 0 Å². The number of nitrogens with one attached hydrogen (secondary N) is 1. The standard InChI is InChI=1S/C19H21ClN2O3S/c20-17-8-6-15(7-9-17)14-26(24,25)22-12-10-16(11-13-22)19(23)21-18-4-2-1-3-5-18/h1-9,16H,10-14H2,(H,21,23). The van der Waals surface area contributed by atoms with Crippen molar-refractivity contribution in [1.82, 2.24) is 4.31 Å². The van der Waals surface area contributed by atoms with E-state index in [4.69, 9.17) is 11.6 Å². The first-order valence-electron chi connectivity index (χ1n) is 8.52. The first-order valence-corrected chi connectivity index (χ1v) is 10.5. The predicted octanol–water partition coefficient (Wildman–Crippen LogP) is 3.52. The Morgan fingerprint density at radius 1 is 1.04 bits per heavy atom. The molecule has 0 aliphatic carbocycles. The van der Waals surface area contributed by atoms with E-state index in [1.807, 2.05) is 30.3 Å². The molecule has 2 aromatic rings. The van der Waals surface area contributed by atoms with Crippen LogP contribution in [0.15, 0.2) is 54.6 Å². The van der Waals surface area contributed by atoms with Crippen molar-refractivity contribution >= 4 is 33.2 Å². The number of halogens is 1. The van der Waals surface area contributed by atoms with Gasteiger partial charge in [0.2, 0.25) is 15.9 Å². The number of hydrogen-bond donors (Lipinski definition) is 1. The van der Waals surface area contributed by atoms with Crippen molar-refractivity contribution in [2.75, 3.05) is 18.4 Å². The zero-order valence-electron chi connectivity index (χ0n) is 14.3. The van der Waals surface area contributed by atoms with Crippen LogP contribution in [0.5, 0.6) is 0 Å². The highest BCUT2D eigenvalue weighted by Crippen LogP contribution is 2.23. The molecule has 0 bridgehead atoms. The highest BCUT2D eigenvalue weighted by molar-refractivity contribution is 7.88. The number of amides is 1. The molecule has 2 aromatic carbocycles. The Kier molecular flexibility index (Phi) is 5.96. The molecule has 138 valence electrons. The number of benzene rings is 2. The van der Waals surface area contributed by atoms with Gasteiger partial charge in [-0.2, -0.15) is 0 Å². The van der Waals surface area contributed by atoms with Gasteiger partial charge in [-0.1, -0.05) is 41.9 Å². The quantitative estimate of drug-likeness (QED) is 0.846. The average molecular weight is 393 g/mol. The lowest BCUT2D eigenvalue weighted by Crippen LogP contribution is -2.41. The van der Waals surface area contributed by atoms with Crippen molar-refractivity contribution < 1.29 is 13.2 Å². The van der Waals surface area contributed by atoms with Crippen molar-refractivity contribution in [3.63, 3.8) is 0 Å². The minimum atomic E-state index is -3.40. The molecular weight excluding hydrogens is 372 g/mol. The molecule has 1 saturated heterocycles. The molecule has 1 fully saturated rings. The van der Waals surface area contributed by atoms with Crippen LogP contribution in [-0.4, -0.2) is 31.7 Å². The molecule has 1 amide bonds. The van der Waals surface area contributed by atoms with Gasteiger partial charge < -0.3 is 5.32 Å². The van der Waals surface area contributed by atoms with Crippen molar-refractivity contribution in [3.05, 3.63) is 65.2 Å². The van der Waals surface area contributed by atoms with Gasteiger partial charge in [0.1, 0.15) is 0 Å². The lowest BCUT2D eigenvalue weighted by Gasteiger charge is -2.30. The fraction of sp³-hybridized carbons (Fsp3) is 0.316. The van der Waals surface area contributed by atoms with Crippen molar-refractivity contribution in [2.45, 2.75) is 18.6 Å². The largest absolute Gasteiger partial charge is 0.326 e. The van der Waals surface area contributed by atoms with E-state index in [1.165, 1.54) is 4.31 Å². The number of piperidine rings is 1. The molecule has 0 aromatic heterocycles. The van der Waals surface area contributed by atoms with E-state index in [9.17, 15) is 13.2 Å². The van der Waals surface area contributed by atoms with Crippen molar-refractivity contribution in [1.29, 1.82) is 0 Å². The molecule has 26 heavy (non-hydrogen) atoms. The molecule has 0 unspecified atom stereocenters. The van der Waals surface area contributed by atoms with Crippen LogP contribution in [-0.2, 0) is 20.6 Å². The molecule has 0 spiro atoms. The second-order valence-corrected chi connectivity index (χ2v) is 8.82. The summed E-state index contributed by atoms with van der Waals surface area (Å²) in [6.07, 6.45) is 1.05. The molecule has 5 nitrogen and oxygen atoms in total. The first-order chi connectivity index (χ1) is 12.4. The van der Waals surface area contributed by atoms with Crippen LogP contribution < -0.4 is 5.32 Å². The maximum Gasteiger partial charge on any atom is 0.227 e. The first kappa shape index (κ1) is 18.9. The Hall–Kier alpha value is -1.89. The Morgan fingerprint density at radius 3 is 2.27 bits per heavy atom. The summed E-state index contributed by atoms with van der Waals surface area (Å²) < 4.78 is 26.7. The Bertz CT molecular complexity index is 846. The Balaban J connectivity index is 1.55. The second kappa shape index (κ2) is 8.20. The molecule has 1 aliphatic heterocycles. The summed E-state index contributed by atoms with van der Waals surface area (Å²) in [6.45, 7) is 0.728. The minimum absolute atomic E-state index is 0.0500. The fourth-order valence-corrected chi connectivity index (χ4v) is 4.73. The molecule has 0 atom stereocenters. The Morgan fingerprint density at radius 2 is 1.65 bits per heavy atom. The third kappa shape index (κ3) is 4.84. The van der Waals surface area contributed by atoms with Crippen LogP contribution in [0.1, 0.15) is 18.4 Å². The molecule has 1 N–H and O–H groups in total. The SMILES string of the molecule is O=C(Nc1ccccc1)C1CCN(S(=O)(=O)Cc2ccc(Cl)cc2)CC1. The lowest BCUT2D eigenvalue weighted by molar-refractivity contribution is -0.120. The zero-order chi connectivity index (χ0) is 18.6. The van der Waals surface area contributed by atoms with Crippen LogP contribution in [0.3, 0.4) is 0 Å². The van der Waals surface area contributed by atoms with Crippen LogP contribution in [0, 0.1) is 5.92 Å². The van der Waals surface area contributed by atoms with Gasteiger partial charge in [-0.15, -0.1) is 0 Å². The topological polar surface area (TPSA) is 66.5 Å². The van der Waals surface area contributed by atoms with Crippen LogP contribution in [0.2, 0.25) is 5.02 Å². The summed E-state index contributed by atoms with van der Waals surface area (Å²) in [5, 5.41) is 3.47. The number of carbonyl (C=O) groups excluding carboxylic acids is 1. The van der Waals surface area contributed by atoms with E-state index in [0.717, 1.165) is 5.69 Å². The van der Waals surface area contributed by atoms with Crippen LogP contribution in [0.4, 0.5) is 5.69 Å². The van der Waals surface area contributed by atoms with E-state index >= 15 is 0 Å². The maximum atomic E-state index is 12.6. The summed E-state index contributed by atoms with van der Waals surface area (Å²) in [5.41, 5.74) is 1.47. The number of carbonyl (C=O) groups is 1. The number of sulfonamides is 1. The predicted molar refractivity (Wildman–Crippen MR) is 103 cm³/mol. The molecule has 0 radical (unpaired) electrons. The summed E-state index contributed by atoms with van der Waals surface area (Å²) in [4.78, 5) is 12.4. The molecule has 3 rings (SSSR count). The van der Waals surface area contributed by atoms with Gasteiger partial charge in [-0.05, 0) is 42.7 Å². The van der Waals surface area contributed by atoms with E-state index in [0.29, 0.717) is 36.5 Å². The molecule has 0 saturated carbocycles. The van der Waals surface area contributed by atoms with Gasteiger partial charge in [0, 0.05) is 29.7 Å². The monoisotopic (exact) mass is 392 g/mol. The number of hydrogen-bond acceptors (Lipinski definition) is 3. The summed E-state index contributed by atoms with van der Waals surface area (Å²) in [5.74, 6) is -0.270. The van der Waals surface area contributed by atoms with Crippen LogP contribution in [0.25, 0.3) is 0 Å². The second-order valence-electron chi connectivity index (χ2n) is 6.41. The third-order valence-electron chi connectivity index (χ3n) is 4.52. The summed E-state index contributed by atoms with van der Waals surface area (Å²) >= 11 is 5.84. The molecule has 7 heteroatoms. The number of para-hydroxylation sites is 1. The van der Waals surface area contributed by atoms with Gasteiger partial charge in [0.15, 0.2) is 0 Å². The number of nitrogens with zero attached hydrogens (tertiary/aromatic N) is 1. The fourth-order valence-electron chi connectivity index (χ4n) is 3.04. The highest BCUT2D eigenvalue weighted by Gasteiger charge is 2.31. The van der Waals surface area contributed by atoms with Gasteiger partial charge in [0.05, 0.1) is 5.75 Å². The maximum absolute atomic E-state index is 12.6. The summed E-state index contributed by atoms with van der Waals surface area (Å²) in [7, 11) is -3.40. The lowest BCUT2D eigenvalue weighted by atomic mass is 9.97. The molecule has 1 aliphatic rings. The van der Waals surface area contributed by atoms with Gasteiger partial charge in [-0.3, -0.25) is 4.79 Å². The van der Waals surface area contributed by atoms with E-state index in [1.54, 1.807) is 24.3 Å². The van der Waals surface area contributed by atoms with Gasteiger partial charge in [-0.25, -0.2) is 12.7 Å². The highest BCUT2D eigenvalue weighted by atomic mass is 35.5. The average Bonchev–Trinajstić information content (AvgIpc) is 2.64. The summed E-state index contributed by atoms with van der Waals surface area (Å²) in [6, 6.07) is 16.1. The molecular formula is C19H21ClN2O3S. The van der Waals surface area contributed by atoms with Gasteiger partial charge >= 0.3 is 0 Å². The van der Waals surface area contributed by atoms with E-state index in [-0.39, 0.29) is 17.6 Å².